The fourth-order valence-corrected chi connectivity index (χ4v) is 1.59. The van der Waals surface area contributed by atoms with Gasteiger partial charge in [0.15, 0.2) is 5.13 Å². The Bertz CT molecular complexity index is 410. The van der Waals surface area contributed by atoms with Gasteiger partial charge < -0.3 is 5.73 Å². The third-order valence-corrected chi connectivity index (χ3v) is 2.35. The SMILES string of the molecule is Nc1ncc(-c2ccc(F)cn2)s1. The summed E-state index contributed by atoms with van der Waals surface area (Å²) >= 11 is 1.33. The maximum atomic E-state index is 12.5. The van der Waals surface area contributed by atoms with E-state index in [0.717, 1.165) is 4.88 Å². The summed E-state index contributed by atoms with van der Waals surface area (Å²) in [5.74, 6) is -0.346. The number of pyridine rings is 1. The molecule has 0 radical (unpaired) electrons. The van der Waals surface area contributed by atoms with Crippen LogP contribution in [0.1, 0.15) is 0 Å². The van der Waals surface area contributed by atoms with Crippen LogP contribution in [0.5, 0.6) is 0 Å². The van der Waals surface area contributed by atoms with Crippen molar-refractivity contribution in [1.82, 2.24) is 9.97 Å². The summed E-state index contributed by atoms with van der Waals surface area (Å²) in [6, 6.07) is 2.96. The zero-order valence-corrected chi connectivity index (χ0v) is 7.38. The van der Waals surface area contributed by atoms with E-state index in [-0.39, 0.29) is 5.82 Å². The number of halogens is 1. The van der Waals surface area contributed by atoms with E-state index in [1.165, 1.54) is 23.6 Å². The van der Waals surface area contributed by atoms with E-state index in [1.54, 1.807) is 12.3 Å². The number of nitrogens with two attached hydrogens (primary N) is 1. The topological polar surface area (TPSA) is 51.8 Å². The largest absolute Gasteiger partial charge is 0.375 e. The molecule has 0 saturated heterocycles. The second kappa shape index (κ2) is 3.10. The Kier molecular flexibility index (Phi) is 1.94. The second-order valence-corrected chi connectivity index (χ2v) is 3.49. The lowest BCUT2D eigenvalue weighted by atomic mass is 10.3. The Morgan fingerprint density at radius 3 is 2.62 bits per heavy atom. The molecule has 0 spiro atoms. The summed E-state index contributed by atoms with van der Waals surface area (Å²) < 4.78 is 12.5. The molecule has 0 bridgehead atoms. The number of anilines is 1. The smallest absolute Gasteiger partial charge is 0.180 e. The zero-order chi connectivity index (χ0) is 9.26. The highest BCUT2D eigenvalue weighted by Gasteiger charge is 2.02. The van der Waals surface area contributed by atoms with Crippen LogP contribution in [0.4, 0.5) is 9.52 Å². The molecule has 2 aromatic heterocycles. The number of rotatable bonds is 1. The van der Waals surface area contributed by atoms with E-state index in [1.807, 2.05) is 0 Å². The molecule has 0 atom stereocenters. The van der Waals surface area contributed by atoms with Crippen LogP contribution in [0.3, 0.4) is 0 Å². The number of hydrogen-bond acceptors (Lipinski definition) is 4. The number of thiazole rings is 1. The molecular formula is C8H6FN3S. The number of nitrogens with zero attached hydrogens (tertiary/aromatic N) is 2. The molecule has 0 fully saturated rings. The Morgan fingerprint density at radius 2 is 2.08 bits per heavy atom. The molecule has 2 aromatic rings. The quantitative estimate of drug-likeness (QED) is 0.756. The van der Waals surface area contributed by atoms with Crippen LogP contribution >= 0.6 is 11.3 Å². The van der Waals surface area contributed by atoms with Gasteiger partial charge in [-0.25, -0.2) is 9.37 Å². The van der Waals surface area contributed by atoms with Gasteiger partial charge in [-0.1, -0.05) is 11.3 Å². The van der Waals surface area contributed by atoms with E-state index in [0.29, 0.717) is 10.8 Å². The fourth-order valence-electron chi connectivity index (χ4n) is 0.928. The van der Waals surface area contributed by atoms with Crippen molar-refractivity contribution in [2.45, 2.75) is 0 Å². The molecular weight excluding hydrogens is 189 g/mol. The molecule has 0 aromatic carbocycles. The van der Waals surface area contributed by atoms with Gasteiger partial charge in [0.25, 0.3) is 0 Å². The monoisotopic (exact) mass is 195 g/mol. The predicted molar refractivity (Wildman–Crippen MR) is 49.7 cm³/mol. The molecule has 0 aliphatic heterocycles. The molecule has 5 heteroatoms. The van der Waals surface area contributed by atoms with Crippen molar-refractivity contribution in [2.75, 3.05) is 5.73 Å². The third kappa shape index (κ3) is 1.65. The van der Waals surface area contributed by atoms with Crippen LogP contribution in [-0.4, -0.2) is 9.97 Å². The predicted octanol–water partition coefficient (Wildman–Crippen LogP) is 1.93. The van der Waals surface area contributed by atoms with Crippen molar-refractivity contribution in [3.05, 3.63) is 30.3 Å². The first-order valence-electron chi connectivity index (χ1n) is 3.59. The lowest BCUT2D eigenvalue weighted by Gasteiger charge is -1.93. The standard InChI is InChI=1S/C8H6FN3S/c9-5-1-2-6(11-3-5)7-4-12-8(10)13-7/h1-4H,(H2,10,12). The van der Waals surface area contributed by atoms with Crippen molar-refractivity contribution in [3.63, 3.8) is 0 Å². The van der Waals surface area contributed by atoms with Gasteiger partial charge in [0.2, 0.25) is 0 Å². The summed E-state index contributed by atoms with van der Waals surface area (Å²) in [5, 5.41) is 0.487. The first-order valence-corrected chi connectivity index (χ1v) is 4.40. The van der Waals surface area contributed by atoms with Crippen molar-refractivity contribution in [2.24, 2.45) is 0 Å². The minimum absolute atomic E-state index is 0.346. The van der Waals surface area contributed by atoms with Gasteiger partial charge in [0.1, 0.15) is 5.82 Å². The Hall–Kier alpha value is -1.49. The minimum Gasteiger partial charge on any atom is -0.375 e. The normalized spacial score (nSPS) is 10.2. The average molecular weight is 195 g/mol. The van der Waals surface area contributed by atoms with Crippen LogP contribution < -0.4 is 5.73 Å². The van der Waals surface area contributed by atoms with E-state index >= 15 is 0 Å². The number of nitrogen functional groups attached to an aromatic ring is 1. The van der Waals surface area contributed by atoms with Crippen LogP contribution in [0, 0.1) is 5.82 Å². The van der Waals surface area contributed by atoms with Gasteiger partial charge in [-0.3, -0.25) is 4.98 Å². The Balaban J connectivity index is 2.41. The maximum Gasteiger partial charge on any atom is 0.180 e. The highest BCUT2D eigenvalue weighted by Crippen LogP contribution is 2.25. The molecule has 13 heavy (non-hydrogen) atoms. The van der Waals surface area contributed by atoms with Crippen LogP contribution in [0.25, 0.3) is 10.6 Å². The Morgan fingerprint density at radius 1 is 1.23 bits per heavy atom. The summed E-state index contributed by atoms with van der Waals surface area (Å²) in [7, 11) is 0. The van der Waals surface area contributed by atoms with E-state index < -0.39 is 0 Å². The first-order chi connectivity index (χ1) is 6.25. The maximum absolute atomic E-state index is 12.5. The van der Waals surface area contributed by atoms with Crippen molar-refractivity contribution in [1.29, 1.82) is 0 Å². The number of hydrogen-bond donors (Lipinski definition) is 1. The molecule has 0 aliphatic carbocycles. The van der Waals surface area contributed by atoms with Crippen molar-refractivity contribution >= 4 is 16.5 Å². The highest BCUT2D eigenvalue weighted by atomic mass is 32.1. The summed E-state index contributed by atoms with van der Waals surface area (Å²) in [4.78, 5) is 8.62. The third-order valence-electron chi connectivity index (χ3n) is 1.50. The molecule has 3 nitrogen and oxygen atoms in total. The van der Waals surface area contributed by atoms with Gasteiger partial charge >= 0.3 is 0 Å². The van der Waals surface area contributed by atoms with Gasteiger partial charge in [-0.2, -0.15) is 0 Å². The summed E-state index contributed by atoms with van der Waals surface area (Å²) in [6.07, 6.45) is 2.80. The molecule has 2 heterocycles. The summed E-state index contributed by atoms with van der Waals surface area (Å²) in [6.45, 7) is 0. The number of aromatic nitrogens is 2. The van der Waals surface area contributed by atoms with Gasteiger partial charge in [0, 0.05) is 6.20 Å². The zero-order valence-electron chi connectivity index (χ0n) is 6.57. The minimum atomic E-state index is -0.346. The molecule has 0 aliphatic rings. The van der Waals surface area contributed by atoms with Crippen molar-refractivity contribution in [3.8, 4) is 10.6 Å². The van der Waals surface area contributed by atoms with Crippen LogP contribution in [0.2, 0.25) is 0 Å². The molecule has 0 saturated carbocycles. The first kappa shape index (κ1) is 8.12. The van der Waals surface area contributed by atoms with Gasteiger partial charge in [-0.05, 0) is 12.1 Å². The molecule has 66 valence electrons. The van der Waals surface area contributed by atoms with Crippen LogP contribution in [0.15, 0.2) is 24.5 Å². The van der Waals surface area contributed by atoms with E-state index in [4.69, 9.17) is 5.73 Å². The van der Waals surface area contributed by atoms with Crippen molar-refractivity contribution < 1.29 is 4.39 Å². The lowest BCUT2D eigenvalue weighted by molar-refractivity contribution is 0.622. The molecule has 0 amide bonds. The molecule has 2 rings (SSSR count). The average Bonchev–Trinajstić information content (AvgIpc) is 2.53. The Labute approximate surface area is 78.1 Å². The molecule has 2 N–H and O–H groups in total. The fraction of sp³-hybridized carbons (Fsp3) is 0. The van der Waals surface area contributed by atoms with Gasteiger partial charge in [-0.15, -0.1) is 0 Å². The van der Waals surface area contributed by atoms with Gasteiger partial charge in [0.05, 0.1) is 16.8 Å². The van der Waals surface area contributed by atoms with E-state index in [2.05, 4.69) is 9.97 Å². The lowest BCUT2D eigenvalue weighted by Crippen LogP contribution is -1.80. The van der Waals surface area contributed by atoms with Crippen LogP contribution in [-0.2, 0) is 0 Å². The van der Waals surface area contributed by atoms with E-state index in [9.17, 15) is 4.39 Å². The second-order valence-electron chi connectivity index (χ2n) is 2.42. The molecule has 0 unspecified atom stereocenters. The summed E-state index contributed by atoms with van der Waals surface area (Å²) in [5.41, 5.74) is 6.14. The highest BCUT2D eigenvalue weighted by molar-refractivity contribution is 7.18.